The Morgan fingerprint density at radius 1 is 1.03 bits per heavy atom. The van der Waals surface area contributed by atoms with E-state index in [0.29, 0.717) is 28.6 Å². The fraction of sp³-hybridized carbons (Fsp3) is 0.130. The summed E-state index contributed by atoms with van der Waals surface area (Å²) < 4.78 is 5.92. The minimum Gasteiger partial charge on any atom is -0.487 e. The number of carbonyl (C=O) groups is 2. The van der Waals surface area contributed by atoms with Crippen LogP contribution >= 0.6 is 11.3 Å². The van der Waals surface area contributed by atoms with E-state index in [1.54, 1.807) is 19.2 Å². The van der Waals surface area contributed by atoms with Crippen molar-refractivity contribution in [1.29, 1.82) is 0 Å². The number of rotatable bonds is 6. The Balaban J connectivity index is 1.51. The first kappa shape index (κ1) is 19.7. The number of benzene rings is 2. The summed E-state index contributed by atoms with van der Waals surface area (Å²) >= 11 is 1.40. The minimum absolute atomic E-state index is 0.189. The second kappa shape index (κ2) is 8.42. The fourth-order valence-corrected chi connectivity index (χ4v) is 4.00. The van der Waals surface area contributed by atoms with Gasteiger partial charge < -0.3 is 20.4 Å². The van der Waals surface area contributed by atoms with Crippen LogP contribution in [-0.2, 0) is 6.61 Å². The molecule has 6 nitrogen and oxygen atoms in total. The Morgan fingerprint density at radius 2 is 1.83 bits per heavy atom. The van der Waals surface area contributed by atoms with Crippen molar-refractivity contribution in [2.75, 3.05) is 12.4 Å². The van der Waals surface area contributed by atoms with Crippen LogP contribution in [-0.4, -0.2) is 23.8 Å². The van der Waals surface area contributed by atoms with Gasteiger partial charge in [0.1, 0.15) is 22.9 Å². The Hall–Kier alpha value is -3.58. The SMILES string of the molecule is CNC(=O)c1cc2cc(NC(=O)c3sc(C)cc3OCc3ccccc3)ccc2[nH]1. The zero-order valence-electron chi connectivity index (χ0n) is 16.6. The molecule has 0 aliphatic heterocycles. The third kappa shape index (κ3) is 4.21. The van der Waals surface area contributed by atoms with Crippen molar-refractivity contribution < 1.29 is 14.3 Å². The molecule has 0 fully saturated rings. The van der Waals surface area contributed by atoms with E-state index >= 15 is 0 Å². The lowest BCUT2D eigenvalue weighted by Gasteiger charge is -2.08. The van der Waals surface area contributed by atoms with Crippen molar-refractivity contribution in [2.45, 2.75) is 13.5 Å². The van der Waals surface area contributed by atoms with E-state index in [9.17, 15) is 9.59 Å². The molecule has 152 valence electrons. The van der Waals surface area contributed by atoms with Gasteiger partial charge in [-0.3, -0.25) is 9.59 Å². The van der Waals surface area contributed by atoms with Crippen molar-refractivity contribution >= 4 is 39.7 Å². The highest BCUT2D eigenvalue weighted by Crippen LogP contribution is 2.31. The second-order valence-corrected chi connectivity index (χ2v) is 8.10. The second-order valence-electron chi connectivity index (χ2n) is 6.84. The molecule has 2 aromatic carbocycles. The van der Waals surface area contributed by atoms with Gasteiger partial charge in [-0.15, -0.1) is 11.3 Å². The Bertz CT molecular complexity index is 1210. The molecular weight excluding hydrogens is 398 g/mol. The molecule has 0 spiro atoms. The van der Waals surface area contributed by atoms with Gasteiger partial charge in [0, 0.05) is 28.5 Å². The van der Waals surface area contributed by atoms with E-state index in [-0.39, 0.29) is 11.8 Å². The number of H-pyrrole nitrogens is 1. The summed E-state index contributed by atoms with van der Waals surface area (Å²) in [6.07, 6.45) is 0. The highest BCUT2D eigenvalue weighted by Gasteiger charge is 2.17. The smallest absolute Gasteiger partial charge is 0.269 e. The number of ether oxygens (including phenoxy) is 1. The number of hydrogen-bond acceptors (Lipinski definition) is 4. The fourth-order valence-electron chi connectivity index (χ4n) is 3.15. The van der Waals surface area contributed by atoms with Crippen LogP contribution in [0, 0.1) is 6.92 Å². The molecule has 0 aliphatic carbocycles. The summed E-state index contributed by atoms with van der Waals surface area (Å²) in [5.41, 5.74) is 2.99. The minimum atomic E-state index is -0.224. The molecule has 7 heteroatoms. The van der Waals surface area contributed by atoms with Gasteiger partial charge >= 0.3 is 0 Å². The number of anilines is 1. The molecule has 4 aromatic rings. The average molecular weight is 420 g/mol. The molecule has 30 heavy (non-hydrogen) atoms. The van der Waals surface area contributed by atoms with Crippen LogP contribution in [0.4, 0.5) is 5.69 Å². The molecule has 2 amide bonds. The monoisotopic (exact) mass is 419 g/mol. The van der Waals surface area contributed by atoms with Crippen LogP contribution < -0.4 is 15.4 Å². The molecule has 2 aromatic heterocycles. The molecule has 0 aliphatic rings. The van der Waals surface area contributed by atoms with Crippen molar-refractivity contribution in [1.82, 2.24) is 10.3 Å². The van der Waals surface area contributed by atoms with E-state index < -0.39 is 0 Å². The highest BCUT2D eigenvalue weighted by molar-refractivity contribution is 7.14. The van der Waals surface area contributed by atoms with Gasteiger partial charge in [0.2, 0.25) is 0 Å². The van der Waals surface area contributed by atoms with Gasteiger partial charge in [-0.25, -0.2) is 0 Å². The molecule has 0 saturated heterocycles. The number of amides is 2. The van der Waals surface area contributed by atoms with Gasteiger partial charge in [0.05, 0.1) is 0 Å². The third-order valence-corrected chi connectivity index (χ3v) is 5.65. The number of aromatic nitrogens is 1. The van der Waals surface area contributed by atoms with E-state index in [4.69, 9.17) is 4.74 Å². The summed E-state index contributed by atoms with van der Waals surface area (Å²) in [5, 5.41) is 6.36. The molecule has 4 rings (SSSR count). The van der Waals surface area contributed by atoms with E-state index in [0.717, 1.165) is 21.3 Å². The number of fused-ring (bicyclic) bond motifs is 1. The van der Waals surface area contributed by atoms with Gasteiger partial charge in [0.15, 0.2) is 0 Å². The quantitative estimate of drug-likeness (QED) is 0.423. The first-order valence-corrected chi connectivity index (χ1v) is 10.3. The molecular formula is C23H21N3O3S. The van der Waals surface area contributed by atoms with Crippen molar-refractivity contribution in [3.8, 4) is 5.75 Å². The number of thiophene rings is 1. The van der Waals surface area contributed by atoms with Crippen LogP contribution in [0.3, 0.4) is 0 Å². The van der Waals surface area contributed by atoms with Crippen molar-refractivity contribution in [3.63, 3.8) is 0 Å². The molecule has 0 radical (unpaired) electrons. The Kier molecular flexibility index (Phi) is 5.54. The lowest BCUT2D eigenvalue weighted by Crippen LogP contribution is -2.17. The topological polar surface area (TPSA) is 83.2 Å². The maximum atomic E-state index is 12.9. The molecule has 0 saturated carbocycles. The number of hydrogen-bond donors (Lipinski definition) is 3. The van der Waals surface area contributed by atoms with Crippen LogP contribution in [0.25, 0.3) is 10.9 Å². The Labute approximate surface area is 177 Å². The van der Waals surface area contributed by atoms with Gasteiger partial charge in [-0.1, -0.05) is 30.3 Å². The van der Waals surface area contributed by atoms with Crippen molar-refractivity contribution in [3.05, 3.63) is 81.7 Å². The van der Waals surface area contributed by atoms with Crippen LogP contribution in [0.15, 0.2) is 60.7 Å². The maximum Gasteiger partial charge on any atom is 0.269 e. The maximum absolute atomic E-state index is 12.9. The molecule has 3 N–H and O–H groups in total. The summed E-state index contributed by atoms with van der Waals surface area (Å²) in [6.45, 7) is 2.35. The number of nitrogens with one attached hydrogen (secondary N) is 3. The predicted octanol–water partition coefficient (Wildman–Crippen LogP) is 4.73. The number of aryl methyl sites for hydroxylation is 1. The van der Waals surface area contributed by atoms with Gasteiger partial charge in [-0.2, -0.15) is 0 Å². The molecule has 0 unspecified atom stereocenters. The first-order chi connectivity index (χ1) is 14.5. The number of aromatic amines is 1. The summed E-state index contributed by atoms with van der Waals surface area (Å²) in [4.78, 5) is 29.3. The van der Waals surface area contributed by atoms with Crippen LogP contribution in [0.1, 0.15) is 30.6 Å². The van der Waals surface area contributed by atoms with E-state index in [2.05, 4.69) is 15.6 Å². The van der Waals surface area contributed by atoms with Crippen LogP contribution in [0.2, 0.25) is 0 Å². The molecule has 0 bridgehead atoms. The predicted molar refractivity (Wildman–Crippen MR) is 119 cm³/mol. The standard InChI is InChI=1S/C23H21N3O3S/c1-14-10-20(29-13-15-6-4-3-5-7-15)21(30-14)23(28)25-17-8-9-18-16(11-17)12-19(26-18)22(27)24-2/h3-12,26H,13H2,1-2H3,(H,24,27)(H,25,28). The average Bonchev–Trinajstić information content (AvgIpc) is 3.35. The van der Waals surface area contributed by atoms with E-state index in [1.807, 2.05) is 55.5 Å². The summed E-state index contributed by atoms with van der Waals surface area (Å²) in [7, 11) is 1.58. The third-order valence-electron chi connectivity index (χ3n) is 4.61. The zero-order valence-corrected chi connectivity index (χ0v) is 17.4. The van der Waals surface area contributed by atoms with Gasteiger partial charge in [-0.05, 0) is 42.8 Å². The first-order valence-electron chi connectivity index (χ1n) is 9.47. The highest BCUT2D eigenvalue weighted by atomic mass is 32.1. The summed E-state index contributed by atoms with van der Waals surface area (Å²) in [6, 6.07) is 18.9. The molecule has 2 heterocycles. The van der Waals surface area contributed by atoms with Crippen LogP contribution in [0.5, 0.6) is 5.75 Å². The Morgan fingerprint density at radius 3 is 2.60 bits per heavy atom. The molecule has 0 atom stereocenters. The normalized spacial score (nSPS) is 10.7. The largest absolute Gasteiger partial charge is 0.487 e. The number of carbonyl (C=O) groups excluding carboxylic acids is 2. The summed E-state index contributed by atoms with van der Waals surface area (Å²) in [5.74, 6) is 0.159. The van der Waals surface area contributed by atoms with Crippen molar-refractivity contribution in [2.24, 2.45) is 0 Å². The zero-order chi connectivity index (χ0) is 21.1. The lowest BCUT2D eigenvalue weighted by atomic mass is 10.2. The van der Waals surface area contributed by atoms with Gasteiger partial charge in [0.25, 0.3) is 11.8 Å². The van der Waals surface area contributed by atoms with E-state index in [1.165, 1.54) is 11.3 Å². The lowest BCUT2D eigenvalue weighted by molar-refractivity contribution is 0.0958.